The molecular weight excluding hydrogens is 769 g/mol. The van der Waals surface area contributed by atoms with E-state index >= 15 is 0 Å². The molecule has 3 saturated heterocycles. The summed E-state index contributed by atoms with van der Waals surface area (Å²) in [5.74, 6) is 0. The van der Waals surface area contributed by atoms with E-state index in [2.05, 4.69) is 43.2 Å². The largest absolute Gasteiger partial charge is 0.383 e. The zero-order valence-electron chi connectivity index (χ0n) is 30.1. The van der Waals surface area contributed by atoms with Crippen molar-refractivity contribution in [2.75, 3.05) is 127 Å². The predicted octanol–water partition coefficient (Wildman–Crippen LogP) is 9.42. The summed E-state index contributed by atoms with van der Waals surface area (Å²) >= 11 is 36.8. The van der Waals surface area contributed by atoms with E-state index in [1.807, 2.05) is 54.6 Å². The minimum absolute atomic E-state index is 0.621. The van der Waals surface area contributed by atoms with Crippen molar-refractivity contribution in [3.8, 4) is 0 Å². The molecule has 0 bridgehead atoms. The Bertz CT molecular complexity index is 1480. The van der Waals surface area contributed by atoms with Gasteiger partial charge in [0.15, 0.2) is 0 Å². The highest BCUT2D eigenvalue weighted by atomic mass is 35.5. The second-order valence-electron chi connectivity index (χ2n) is 12.8. The lowest BCUT2D eigenvalue weighted by molar-refractivity contribution is 0.144. The molecule has 3 aromatic rings. The van der Waals surface area contributed by atoms with Gasteiger partial charge in [-0.05, 0) is 55.9 Å². The lowest BCUT2D eigenvalue weighted by atomic mass is 10.2. The number of rotatable bonds is 9. The second kappa shape index (κ2) is 22.1. The van der Waals surface area contributed by atoms with Gasteiger partial charge in [-0.3, -0.25) is 9.80 Å². The highest BCUT2D eigenvalue weighted by Gasteiger charge is 2.21. The van der Waals surface area contributed by atoms with Crippen LogP contribution >= 0.6 is 69.6 Å². The zero-order chi connectivity index (χ0) is 36.8. The maximum absolute atomic E-state index is 6.24. The van der Waals surface area contributed by atoms with Crippen LogP contribution in [0.2, 0.25) is 30.1 Å². The van der Waals surface area contributed by atoms with Crippen molar-refractivity contribution in [1.82, 2.24) is 14.7 Å². The summed E-state index contributed by atoms with van der Waals surface area (Å²) < 4.78 is 5.10. The molecule has 3 fully saturated rings. The van der Waals surface area contributed by atoms with E-state index in [4.69, 9.17) is 74.3 Å². The maximum atomic E-state index is 6.24. The van der Waals surface area contributed by atoms with E-state index < -0.39 is 0 Å². The fourth-order valence-corrected chi connectivity index (χ4v) is 7.72. The van der Waals surface area contributed by atoms with E-state index in [1.165, 1.54) is 13.0 Å². The maximum Gasteiger partial charge on any atom is 0.0825 e. The molecule has 0 radical (unpaired) electrons. The van der Waals surface area contributed by atoms with Crippen molar-refractivity contribution in [3.63, 3.8) is 0 Å². The average molecular weight is 822 g/mol. The van der Waals surface area contributed by atoms with E-state index in [-0.39, 0.29) is 0 Å². The first-order valence-electron chi connectivity index (χ1n) is 17.9. The predicted molar refractivity (Wildman–Crippen MR) is 223 cm³/mol. The summed E-state index contributed by atoms with van der Waals surface area (Å²) in [4.78, 5) is 14.3. The number of halogens is 6. The summed E-state index contributed by atoms with van der Waals surface area (Å²) in [6.07, 6.45) is 1.22. The molecule has 0 aromatic heterocycles. The van der Waals surface area contributed by atoms with Crippen molar-refractivity contribution in [2.45, 2.75) is 20.3 Å². The Kier molecular flexibility index (Phi) is 18.4. The number of likely N-dealkylation sites (N-methyl/N-ethyl adjacent to an activating group) is 1. The van der Waals surface area contributed by atoms with E-state index in [9.17, 15) is 0 Å². The third-order valence-electron chi connectivity index (χ3n) is 9.53. The van der Waals surface area contributed by atoms with Crippen LogP contribution in [0.25, 0.3) is 0 Å². The van der Waals surface area contributed by atoms with Gasteiger partial charge >= 0.3 is 0 Å². The molecule has 0 atom stereocenters. The fraction of sp³-hybridized carbons (Fsp3) is 0.526. The molecule has 3 aliphatic heterocycles. The first kappa shape index (κ1) is 42.4. The molecule has 6 rings (SSSR count). The highest BCUT2D eigenvalue weighted by molar-refractivity contribution is 6.44. The van der Waals surface area contributed by atoms with Crippen LogP contribution in [-0.2, 0) is 4.74 Å². The fourth-order valence-electron chi connectivity index (χ4n) is 6.48. The van der Waals surface area contributed by atoms with Crippen LogP contribution in [0.4, 0.5) is 17.1 Å². The van der Waals surface area contributed by atoms with Crippen LogP contribution in [-0.4, -0.2) is 127 Å². The van der Waals surface area contributed by atoms with Gasteiger partial charge in [0.1, 0.15) is 0 Å². The second-order valence-corrected chi connectivity index (χ2v) is 15.1. The molecule has 3 aliphatic rings. The molecule has 0 amide bonds. The molecule has 13 heteroatoms. The minimum Gasteiger partial charge on any atom is -0.383 e. The normalized spacial score (nSPS) is 17.5. The van der Waals surface area contributed by atoms with E-state index in [1.54, 1.807) is 7.11 Å². The van der Waals surface area contributed by atoms with Gasteiger partial charge in [-0.1, -0.05) is 102 Å². The van der Waals surface area contributed by atoms with Gasteiger partial charge in [0.05, 0.1) is 53.8 Å². The standard InChI is InChI=1S/C13H18Cl2N2O.C13H18Cl2N2.C12H16Cl2N2/c1-18-10-9-16-5-7-17(8-6-16)12-4-2-3-11(14)13(12)15;1-2-6-16-7-9-17(10-8-16)12-5-3-4-11(14)13(12)15;1-2-15-6-8-16(9-7-15)11-5-3-4-10(13)12(11)14/h2-4H,5-10H2,1H3;3-5H,2,6-10H2,1H3;3-5H,2,6-9H2,1H3. The van der Waals surface area contributed by atoms with Gasteiger partial charge in [-0.15, -0.1) is 0 Å². The van der Waals surface area contributed by atoms with Gasteiger partial charge in [-0.25, -0.2) is 0 Å². The monoisotopic (exact) mass is 818 g/mol. The number of piperazine rings is 3. The Morgan fingerprint density at radius 1 is 0.471 bits per heavy atom. The molecule has 282 valence electrons. The van der Waals surface area contributed by atoms with Crippen molar-refractivity contribution in [1.29, 1.82) is 0 Å². The molecule has 7 nitrogen and oxygen atoms in total. The Morgan fingerprint density at radius 3 is 1.12 bits per heavy atom. The molecule has 3 aromatic carbocycles. The summed E-state index contributed by atoms with van der Waals surface area (Å²) in [6.45, 7) is 21.0. The molecule has 0 N–H and O–H groups in total. The number of methoxy groups -OCH3 is 1. The molecule has 0 aliphatic carbocycles. The molecule has 3 heterocycles. The van der Waals surface area contributed by atoms with Crippen LogP contribution < -0.4 is 14.7 Å². The molecule has 51 heavy (non-hydrogen) atoms. The lowest BCUT2D eigenvalue weighted by Crippen LogP contribution is -2.47. The van der Waals surface area contributed by atoms with Gasteiger partial charge in [-0.2, -0.15) is 0 Å². The van der Waals surface area contributed by atoms with E-state index in [0.29, 0.717) is 30.1 Å². The third-order valence-corrected chi connectivity index (χ3v) is 12.0. The molecule has 0 unspecified atom stereocenters. The summed E-state index contributed by atoms with van der Waals surface area (Å²) in [6, 6.07) is 17.5. The highest BCUT2D eigenvalue weighted by Crippen LogP contribution is 2.35. The first-order chi connectivity index (χ1) is 24.7. The van der Waals surface area contributed by atoms with E-state index in [0.717, 1.165) is 115 Å². The number of benzene rings is 3. The molecule has 0 spiro atoms. The quantitative estimate of drug-likeness (QED) is 0.213. The Labute approximate surface area is 335 Å². The van der Waals surface area contributed by atoms with Crippen LogP contribution in [0, 0.1) is 0 Å². The van der Waals surface area contributed by atoms with Gasteiger partial charge in [0, 0.05) is 92.2 Å². The van der Waals surface area contributed by atoms with Crippen molar-refractivity contribution in [3.05, 3.63) is 84.7 Å². The van der Waals surface area contributed by atoms with Crippen LogP contribution in [0.5, 0.6) is 0 Å². The summed E-state index contributed by atoms with van der Waals surface area (Å²) in [5.41, 5.74) is 3.16. The topological polar surface area (TPSA) is 28.7 Å². The van der Waals surface area contributed by atoms with Crippen molar-refractivity contribution in [2.24, 2.45) is 0 Å². The number of nitrogens with zero attached hydrogens (tertiary/aromatic N) is 6. The van der Waals surface area contributed by atoms with Crippen molar-refractivity contribution < 1.29 is 4.74 Å². The third kappa shape index (κ3) is 12.6. The van der Waals surface area contributed by atoms with Crippen molar-refractivity contribution >= 4 is 86.7 Å². The average Bonchev–Trinajstić information content (AvgIpc) is 3.15. The van der Waals surface area contributed by atoms with Gasteiger partial charge in [0.2, 0.25) is 0 Å². The summed E-state index contributed by atoms with van der Waals surface area (Å²) in [7, 11) is 1.74. The number of hydrogen-bond acceptors (Lipinski definition) is 7. The Hall–Kier alpha value is -1.36. The zero-order valence-corrected chi connectivity index (χ0v) is 34.6. The Morgan fingerprint density at radius 2 is 0.804 bits per heavy atom. The van der Waals surface area contributed by atoms with Gasteiger partial charge < -0.3 is 24.3 Å². The minimum atomic E-state index is 0.621. The van der Waals surface area contributed by atoms with Crippen LogP contribution in [0.1, 0.15) is 20.3 Å². The van der Waals surface area contributed by atoms with Crippen LogP contribution in [0.15, 0.2) is 54.6 Å². The Balaban J connectivity index is 0.000000172. The first-order valence-corrected chi connectivity index (χ1v) is 20.2. The number of ether oxygens (including phenoxy) is 1. The summed E-state index contributed by atoms with van der Waals surface area (Å²) in [5, 5.41) is 3.91. The SMILES string of the molecule is CCCN1CCN(c2cccc(Cl)c2Cl)CC1.CCN1CCN(c2cccc(Cl)c2Cl)CC1.COCCN1CCN(c2cccc(Cl)c2Cl)CC1. The molecule has 0 saturated carbocycles. The smallest absolute Gasteiger partial charge is 0.0825 e. The van der Waals surface area contributed by atoms with Gasteiger partial charge in [0.25, 0.3) is 0 Å². The lowest BCUT2D eigenvalue weighted by Gasteiger charge is -2.36. The number of anilines is 3. The van der Waals surface area contributed by atoms with Crippen LogP contribution in [0.3, 0.4) is 0 Å². The number of hydrogen-bond donors (Lipinski definition) is 0. The molecular formula is C38H52Cl6N6O.